The van der Waals surface area contributed by atoms with Crippen LogP contribution in [0.15, 0.2) is 29.4 Å². The summed E-state index contributed by atoms with van der Waals surface area (Å²) in [6.45, 7) is 1.89. The standard InChI is InChI=1S/C10H13ClN2OS/c1-7(10(12)13-14)15-6-8-4-2-3-5-9(8)11/h2-5,7,14H,6H2,1H3,(H2,12,13). The number of oxime groups is 1. The van der Waals surface area contributed by atoms with Crippen molar-refractivity contribution in [1.82, 2.24) is 0 Å². The molecular formula is C10H13ClN2OS. The van der Waals surface area contributed by atoms with Gasteiger partial charge in [0.25, 0.3) is 0 Å². The van der Waals surface area contributed by atoms with Gasteiger partial charge < -0.3 is 10.9 Å². The predicted molar refractivity (Wildman–Crippen MR) is 65.6 cm³/mol. The van der Waals surface area contributed by atoms with Crippen molar-refractivity contribution in [3.63, 3.8) is 0 Å². The van der Waals surface area contributed by atoms with Crippen molar-refractivity contribution in [3.05, 3.63) is 34.9 Å². The molecule has 0 fully saturated rings. The first-order valence-electron chi connectivity index (χ1n) is 4.47. The summed E-state index contributed by atoms with van der Waals surface area (Å²) >= 11 is 7.57. The minimum atomic E-state index is -0.0220. The molecule has 0 bridgehead atoms. The molecule has 0 aromatic heterocycles. The molecule has 3 nitrogen and oxygen atoms in total. The number of nitrogens with two attached hydrogens (primary N) is 1. The Kier molecular flexibility index (Phi) is 4.78. The van der Waals surface area contributed by atoms with Crippen LogP contribution in [-0.2, 0) is 5.75 Å². The molecule has 1 aromatic rings. The Morgan fingerprint density at radius 3 is 2.87 bits per heavy atom. The van der Waals surface area contributed by atoms with E-state index in [4.69, 9.17) is 22.5 Å². The summed E-state index contributed by atoms with van der Waals surface area (Å²) in [6, 6.07) is 7.65. The van der Waals surface area contributed by atoms with E-state index in [9.17, 15) is 0 Å². The number of thioether (sulfide) groups is 1. The summed E-state index contributed by atoms with van der Waals surface area (Å²) in [5, 5.41) is 12.2. The van der Waals surface area contributed by atoms with Gasteiger partial charge in [-0.2, -0.15) is 0 Å². The zero-order chi connectivity index (χ0) is 11.3. The van der Waals surface area contributed by atoms with Crippen LogP contribution in [-0.4, -0.2) is 16.3 Å². The van der Waals surface area contributed by atoms with E-state index >= 15 is 0 Å². The average molecular weight is 245 g/mol. The maximum Gasteiger partial charge on any atom is 0.152 e. The maximum absolute atomic E-state index is 8.48. The van der Waals surface area contributed by atoms with Crippen LogP contribution in [0.2, 0.25) is 5.02 Å². The summed E-state index contributed by atoms with van der Waals surface area (Å²) in [5.41, 5.74) is 6.52. The highest BCUT2D eigenvalue weighted by atomic mass is 35.5. The first kappa shape index (κ1) is 12.2. The van der Waals surface area contributed by atoms with Gasteiger partial charge in [-0.1, -0.05) is 35.0 Å². The first-order chi connectivity index (χ1) is 7.15. The molecule has 0 heterocycles. The summed E-state index contributed by atoms with van der Waals surface area (Å²) in [6.07, 6.45) is 0. The third-order valence-corrected chi connectivity index (χ3v) is 3.57. The van der Waals surface area contributed by atoms with Gasteiger partial charge >= 0.3 is 0 Å². The predicted octanol–water partition coefficient (Wildman–Crippen LogP) is 2.71. The van der Waals surface area contributed by atoms with Gasteiger partial charge in [0.1, 0.15) is 0 Å². The second-order valence-corrected chi connectivity index (χ2v) is 4.81. The Balaban J connectivity index is 2.54. The van der Waals surface area contributed by atoms with Crippen molar-refractivity contribution < 1.29 is 5.21 Å². The zero-order valence-electron chi connectivity index (χ0n) is 8.35. The highest BCUT2D eigenvalue weighted by molar-refractivity contribution is 7.99. The summed E-state index contributed by atoms with van der Waals surface area (Å²) in [4.78, 5) is 0. The molecule has 1 rings (SSSR count). The van der Waals surface area contributed by atoms with E-state index in [1.807, 2.05) is 31.2 Å². The first-order valence-corrected chi connectivity index (χ1v) is 5.90. The lowest BCUT2D eigenvalue weighted by Crippen LogP contribution is -2.23. The molecular weight excluding hydrogens is 232 g/mol. The van der Waals surface area contributed by atoms with Crippen molar-refractivity contribution in [2.24, 2.45) is 10.9 Å². The molecule has 3 N–H and O–H groups in total. The summed E-state index contributed by atoms with van der Waals surface area (Å²) in [5.74, 6) is 0.976. The van der Waals surface area contributed by atoms with Crippen LogP contribution in [0.5, 0.6) is 0 Å². The van der Waals surface area contributed by atoms with Gasteiger partial charge in [-0.25, -0.2) is 0 Å². The molecule has 0 aliphatic rings. The van der Waals surface area contributed by atoms with E-state index in [0.29, 0.717) is 0 Å². The molecule has 0 aliphatic heterocycles. The van der Waals surface area contributed by atoms with Crippen LogP contribution in [0.3, 0.4) is 0 Å². The molecule has 0 saturated heterocycles. The quantitative estimate of drug-likeness (QED) is 0.371. The van der Waals surface area contributed by atoms with Crippen molar-refractivity contribution >= 4 is 29.2 Å². The van der Waals surface area contributed by atoms with Crippen LogP contribution in [0, 0.1) is 0 Å². The van der Waals surface area contributed by atoms with Crippen LogP contribution in [0.1, 0.15) is 12.5 Å². The highest BCUT2D eigenvalue weighted by Crippen LogP contribution is 2.23. The minimum Gasteiger partial charge on any atom is -0.409 e. The Hall–Kier alpha value is -0.870. The smallest absolute Gasteiger partial charge is 0.152 e. The van der Waals surface area contributed by atoms with Crippen molar-refractivity contribution in [2.45, 2.75) is 17.9 Å². The molecule has 0 saturated carbocycles. The number of rotatable bonds is 4. The van der Waals surface area contributed by atoms with Gasteiger partial charge in [0, 0.05) is 10.8 Å². The lowest BCUT2D eigenvalue weighted by Gasteiger charge is -2.09. The lowest BCUT2D eigenvalue weighted by molar-refractivity contribution is 0.317. The third-order valence-electron chi connectivity index (χ3n) is 1.98. The number of benzene rings is 1. The van der Waals surface area contributed by atoms with Gasteiger partial charge in [0.05, 0.1) is 5.25 Å². The maximum atomic E-state index is 8.48. The topological polar surface area (TPSA) is 58.6 Å². The Morgan fingerprint density at radius 1 is 1.60 bits per heavy atom. The second-order valence-electron chi connectivity index (χ2n) is 3.07. The molecule has 0 amide bonds. The van der Waals surface area contributed by atoms with Gasteiger partial charge in [-0.15, -0.1) is 11.8 Å². The van der Waals surface area contributed by atoms with Crippen LogP contribution >= 0.6 is 23.4 Å². The van der Waals surface area contributed by atoms with Crippen molar-refractivity contribution in [1.29, 1.82) is 0 Å². The molecule has 0 radical (unpaired) electrons. The van der Waals surface area contributed by atoms with Gasteiger partial charge in [0.15, 0.2) is 5.84 Å². The number of halogens is 1. The average Bonchev–Trinajstić information content (AvgIpc) is 2.26. The van der Waals surface area contributed by atoms with E-state index in [-0.39, 0.29) is 11.1 Å². The van der Waals surface area contributed by atoms with Crippen molar-refractivity contribution in [3.8, 4) is 0 Å². The molecule has 1 aromatic carbocycles. The molecule has 1 atom stereocenters. The van der Waals surface area contributed by atoms with Crippen LogP contribution < -0.4 is 5.73 Å². The molecule has 0 aliphatic carbocycles. The Bertz CT molecular complexity index is 357. The lowest BCUT2D eigenvalue weighted by atomic mass is 10.2. The van der Waals surface area contributed by atoms with Gasteiger partial charge in [-0.05, 0) is 18.6 Å². The third kappa shape index (κ3) is 3.64. The summed E-state index contributed by atoms with van der Waals surface area (Å²) < 4.78 is 0. The fourth-order valence-corrected chi connectivity index (χ4v) is 2.18. The Morgan fingerprint density at radius 2 is 2.27 bits per heavy atom. The number of hydrogen-bond acceptors (Lipinski definition) is 3. The SMILES string of the molecule is CC(SCc1ccccc1Cl)/C(N)=N/O. The fourth-order valence-electron chi connectivity index (χ4n) is 0.997. The highest BCUT2D eigenvalue weighted by Gasteiger charge is 2.09. The molecule has 82 valence electrons. The van der Waals surface area contributed by atoms with Gasteiger partial charge in [-0.3, -0.25) is 0 Å². The molecule has 5 heteroatoms. The van der Waals surface area contributed by atoms with E-state index in [1.54, 1.807) is 11.8 Å². The zero-order valence-corrected chi connectivity index (χ0v) is 9.92. The normalized spacial score (nSPS) is 13.9. The van der Waals surface area contributed by atoms with Crippen LogP contribution in [0.4, 0.5) is 0 Å². The molecule has 1 unspecified atom stereocenters. The van der Waals surface area contributed by atoms with Crippen LogP contribution in [0.25, 0.3) is 0 Å². The molecule has 15 heavy (non-hydrogen) atoms. The minimum absolute atomic E-state index is 0.0220. The van der Waals surface area contributed by atoms with E-state index in [2.05, 4.69) is 5.16 Å². The van der Waals surface area contributed by atoms with E-state index < -0.39 is 0 Å². The summed E-state index contributed by atoms with van der Waals surface area (Å²) in [7, 11) is 0. The van der Waals surface area contributed by atoms with Crippen molar-refractivity contribution in [2.75, 3.05) is 0 Å². The van der Waals surface area contributed by atoms with E-state index in [1.165, 1.54) is 0 Å². The number of amidine groups is 1. The second kappa shape index (κ2) is 5.88. The fraction of sp³-hybridized carbons (Fsp3) is 0.300. The van der Waals surface area contributed by atoms with Gasteiger partial charge in [0.2, 0.25) is 0 Å². The Labute approximate surface area is 98.3 Å². The monoisotopic (exact) mass is 244 g/mol. The van der Waals surface area contributed by atoms with E-state index in [0.717, 1.165) is 16.3 Å². The number of hydrogen-bond donors (Lipinski definition) is 2. The number of nitrogens with zero attached hydrogens (tertiary/aromatic N) is 1. The molecule has 0 spiro atoms. The largest absolute Gasteiger partial charge is 0.409 e.